The molecule has 0 radical (unpaired) electrons. The molecule has 0 spiro atoms. The van der Waals surface area contributed by atoms with Crippen molar-refractivity contribution in [2.24, 2.45) is 4.99 Å². The van der Waals surface area contributed by atoms with Crippen molar-refractivity contribution in [1.29, 1.82) is 0 Å². The van der Waals surface area contributed by atoms with Gasteiger partial charge in [0.2, 0.25) is 0 Å². The Bertz CT molecular complexity index is 573. The predicted molar refractivity (Wildman–Crippen MR) is 107 cm³/mol. The average Bonchev–Trinajstić information content (AvgIpc) is 3.19. The molecule has 1 fully saturated rings. The fourth-order valence-electron chi connectivity index (χ4n) is 3.78. The van der Waals surface area contributed by atoms with Gasteiger partial charge in [-0.05, 0) is 62.9 Å². The zero-order chi connectivity index (χ0) is 17.3. The molecular formula is C21H32N4. The van der Waals surface area contributed by atoms with Crippen LogP contribution < -0.4 is 5.32 Å². The summed E-state index contributed by atoms with van der Waals surface area (Å²) in [4.78, 5) is 9.42. The van der Waals surface area contributed by atoms with Gasteiger partial charge in [0, 0.05) is 26.7 Å². The maximum absolute atomic E-state index is 4.48. The summed E-state index contributed by atoms with van der Waals surface area (Å²) in [5, 5.41) is 3.55. The fourth-order valence-corrected chi connectivity index (χ4v) is 3.78. The largest absolute Gasteiger partial charge is 0.356 e. The van der Waals surface area contributed by atoms with Crippen LogP contribution in [0, 0.1) is 0 Å². The summed E-state index contributed by atoms with van der Waals surface area (Å²) in [5.41, 5.74) is 2.81. The number of rotatable bonds is 6. The van der Waals surface area contributed by atoms with E-state index in [2.05, 4.69) is 56.5 Å². The van der Waals surface area contributed by atoms with Gasteiger partial charge in [0.25, 0.3) is 0 Å². The Morgan fingerprint density at radius 1 is 1.08 bits per heavy atom. The monoisotopic (exact) mass is 340 g/mol. The van der Waals surface area contributed by atoms with Crippen LogP contribution in [0.4, 0.5) is 0 Å². The van der Waals surface area contributed by atoms with Crippen LogP contribution in [0.2, 0.25) is 0 Å². The second-order valence-electron chi connectivity index (χ2n) is 7.02. The minimum Gasteiger partial charge on any atom is -0.356 e. The summed E-state index contributed by atoms with van der Waals surface area (Å²) < 4.78 is 0. The molecule has 3 rings (SSSR count). The van der Waals surface area contributed by atoms with Gasteiger partial charge in [-0.25, -0.2) is 0 Å². The number of nitrogens with one attached hydrogen (secondary N) is 1. The predicted octanol–water partition coefficient (Wildman–Crippen LogP) is 3.23. The molecule has 0 aliphatic carbocycles. The van der Waals surface area contributed by atoms with E-state index in [1.54, 1.807) is 0 Å². The summed E-state index contributed by atoms with van der Waals surface area (Å²) in [6.45, 7) is 6.86. The SMILES string of the molecule is CN=C(NCCCCN1CCCC1)N1CC=C(c2ccccc2)CC1. The van der Waals surface area contributed by atoms with Crippen molar-refractivity contribution >= 4 is 11.5 Å². The highest BCUT2D eigenvalue weighted by Gasteiger charge is 2.16. The van der Waals surface area contributed by atoms with Crippen molar-refractivity contribution in [3.8, 4) is 0 Å². The Morgan fingerprint density at radius 3 is 2.56 bits per heavy atom. The van der Waals surface area contributed by atoms with Crippen molar-refractivity contribution in [3.05, 3.63) is 42.0 Å². The molecule has 0 aromatic heterocycles. The normalized spacial score (nSPS) is 19.2. The zero-order valence-corrected chi connectivity index (χ0v) is 15.6. The molecule has 2 aliphatic heterocycles. The number of aliphatic imine (C=N–C) groups is 1. The Kier molecular flexibility index (Phi) is 6.92. The second-order valence-corrected chi connectivity index (χ2v) is 7.02. The van der Waals surface area contributed by atoms with Gasteiger partial charge in [-0.1, -0.05) is 36.4 Å². The topological polar surface area (TPSA) is 30.9 Å². The third-order valence-corrected chi connectivity index (χ3v) is 5.25. The molecule has 2 heterocycles. The van der Waals surface area contributed by atoms with E-state index in [0.717, 1.165) is 32.0 Å². The maximum Gasteiger partial charge on any atom is 0.193 e. The van der Waals surface area contributed by atoms with E-state index in [1.807, 2.05) is 7.05 Å². The molecule has 1 saturated heterocycles. The van der Waals surface area contributed by atoms with Crippen molar-refractivity contribution < 1.29 is 0 Å². The Balaban J connectivity index is 1.39. The second kappa shape index (κ2) is 9.62. The van der Waals surface area contributed by atoms with Gasteiger partial charge in [0.1, 0.15) is 0 Å². The van der Waals surface area contributed by atoms with Gasteiger partial charge in [-0.15, -0.1) is 0 Å². The minimum atomic E-state index is 0.942. The van der Waals surface area contributed by atoms with Gasteiger partial charge < -0.3 is 15.1 Å². The number of likely N-dealkylation sites (tertiary alicyclic amines) is 1. The van der Waals surface area contributed by atoms with E-state index in [1.165, 1.54) is 56.5 Å². The van der Waals surface area contributed by atoms with E-state index in [0.29, 0.717) is 0 Å². The van der Waals surface area contributed by atoms with Gasteiger partial charge in [-0.3, -0.25) is 4.99 Å². The quantitative estimate of drug-likeness (QED) is 0.490. The van der Waals surface area contributed by atoms with E-state index in [9.17, 15) is 0 Å². The van der Waals surface area contributed by atoms with Crippen LogP contribution in [0.1, 0.15) is 37.7 Å². The molecule has 136 valence electrons. The minimum absolute atomic E-state index is 0.942. The molecule has 2 aliphatic rings. The molecule has 0 bridgehead atoms. The number of nitrogens with zero attached hydrogens (tertiary/aromatic N) is 3. The van der Waals surface area contributed by atoms with Crippen molar-refractivity contribution in [3.63, 3.8) is 0 Å². The molecule has 0 amide bonds. The first kappa shape index (κ1) is 18.0. The molecule has 25 heavy (non-hydrogen) atoms. The number of guanidine groups is 1. The van der Waals surface area contributed by atoms with E-state index < -0.39 is 0 Å². The molecule has 0 atom stereocenters. The van der Waals surface area contributed by atoms with E-state index in [-0.39, 0.29) is 0 Å². The molecule has 1 aromatic rings. The van der Waals surface area contributed by atoms with E-state index >= 15 is 0 Å². The maximum atomic E-state index is 4.48. The van der Waals surface area contributed by atoms with Crippen molar-refractivity contribution in [2.75, 3.05) is 46.3 Å². The Hall–Kier alpha value is -1.81. The van der Waals surface area contributed by atoms with Crippen LogP contribution >= 0.6 is 0 Å². The van der Waals surface area contributed by atoms with E-state index in [4.69, 9.17) is 0 Å². The highest BCUT2D eigenvalue weighted by Crippen LogP contribution is 2.21. The highest BCUT2D eigenvalue weighted by atomic mass is 15.3. The van der Waals surface area contributed by atoms with Gasteiger partial charge in [0.15, 0.2) is 5.96 Å². The molecule has 0 unspecified atom stereocenters. The van der Waals surface area contributed by atoms with Gasteiger partial charge >= 0.3 is 0 Å². The standard InChI is InChI=1S/C21H32N4/c1-22-21(23-13-5-6-14-24-15-7-8-16-24)25-17-11-20(12-18-25)19-9-3-2-4-10-19/h2-4,9-11H,5-8,12-18H2,1H3,(H,22,23). The van der Waals surface area contributed by atoms with Crippen LogP contribution in [0.5, 0.6) is 0 Å². The molecule has 4 heteroatoms. The lowest BCUT2D eigenvalue weighted by atomic mass is 10.00. The third kappa shape index (κ3) is 5.33. The molecular weight excluding hydrogens is 308 g/mol. The number of hydrogen-bond acceptors (Lipinski definition) is 2. The first-order valence-corrected chi connectivity index (χ1v) is 9.79. The number of unbranched alkanes of at least 4 members (excludes halogenated alkanes) is 1. The molecule has 4 nitrogen and oxygen atoms in total. The third-order valence-electron chi connectivity index (χ3n) is 5.25. The van der Waals surface area contributed by atoms with Gasteiger partial charge in [-0.2, -0.15) is 0 Å². The summed E-state index contributed by atoms with van der Waals surface area (Å²) in [5.74, 6) is 1.05. The first-order chi connectivity index (χ1) is 12.4. The fraction of sp³-hybridized carbons (Fsp3) is 0.571. The van der Waals surface area contributed by atoms with Crippen LogP contribution in [-0.2, 0) is 0 Å². The van der Waals surface area contributed by atoms with Crippen LogP contribution in [0.25, 0.3) is 5.57 Å². The summed E-state index contributed by atoms with van der Waals surface area (Å²) in [7, 11) is 1.89. The summed E-state index contributed by atoms with van der Waals surface area (Å²) >= 11 is 0. The lowest BCUT2D eigenvalue weighted by molar-refractivity contribution is 0.329. The Labute approximate surface area is 152 Å². The highest BCUT2D eigenvalue weighted by molar-refractivity contribution is 5.81. The smallest absolute Gasteiger partial charge is 0.193 e. The summed E-state index contributed by atoms with van der Waals surface area (Å²) in [6.07, 6.45) is 8.70. The summed E-state index contributed by atoms with van der Waals surface area (Å²) in [6, 6.07) is 10.7. The number of benzene rings is 1. The molecule has 1 aromatic carbocycles. The van der Waals surface area contributed by atoms with Crippen LogP contribution in [0.15, 0.2) is 41.4 Å². The Morgan fingerprint density at radius 2 is 1.88 bits per heavy atom. The van der Waals surface area contributed by atoms with Crippen molar-refractivity contribution in [2.45, 2.75) is 32.1 Å². The molecule has 1 N–H and O–H groups in total. The van der Waals surface area contributed by atoms with Crippen molar-refractivity contribution in [1.82, 2.24) is 15.1 Å². The zero-order valence-electron chi connectivity index (χ0n) is 15.6. The molecule has 0 saturated carbocycles. The lowest BCUT2D eigenvalue weighted by Gasteiger charge is -2.30. The van der Waals surface area contributed by atoms with Gasteiger partial charge in [0.05, 0.1) is 0 Å². The lowest BCUT2D eigenvalue weighted by Crippen LogP contribution is -2.43. The number of hydrogen-bond donors (Lipinski definition) is 1. The first-order valence-electron chi connectivity index (χ1n) is 9.79. The van der Waals surface area contributed by atoms with Crippen LogP contribution in [-0.4, -0.2) is 62.1 Å². The average molecular weight is 341 g/mol. The van der Waals surface area contributed by atoms with Crippen LogP contribution in [0.3, 0.4) is 0 Å².